The second kappa shape index (κ2) is 7.19. The van der Waals surface area contributed by atoms with E-state index in [1.165, 1.54) is 0 Å². The van der Waals surface area contributed by atoms with E-state index in [2.05, 4.69) is 4.99 Å². The number of benzene rings is 1. The monoisotopic (exact) mass is 457 g/mol. The number of thiophene rings is 1. The van der Waals surface area contributed by atoms with Crippen molar-refractivity contribution in [3.05, 3.63) is 80.5 Å². The lowest BCUT2D eigenvalue weighted by Gasteiger charge is -2.31. The molecule has 8 heteroatoms. The van der Waals surface area contributed by atoms with E-state index in [-0.39, 0.29) is 18.6 Å². The molecule has 2 aliphatic rings. The third-order valence-electron chi connectivity index (χ3n) is 6.47. The van der Waals surface area contributed by atoms with E-state index in [1.54, 1.807) is 28.9 Å². The minimum Gasteiger partial charge on any atom is -0.458 e. The predicted octanol–water partition coefficient (Wildman–Crippen LogP) is 3.89. The Labute approximate surface area is 192 Å². The largest absolute Gasteiger partial charge is 0.458 e. The molecule has 0 saturated heterocycles. The van der Waals surface area contributed by atoms with Crippen molar-refractivity contribution in [2.24, 2.45) is 4.99 Å². The summed E-state index contributed by atoms with van der Waals surface area (Å²) in [6.07, 6.45) is 1.94. The molecule has 1 atom stereocenters. The van der Waals surface area contributed by atoms with Crippen molar-refractivity contribution in [3.63, 3.8) is 0 Å². The van der Waals surface area contributed by atoms with E-state index < -0.39 is 11.6 Å². The Balaban J connectivity index is 1.62. The lowest BCUT2D eigenvalue weighted by atomic mass is 9.86. The molecule has 7 nitrogen and oxygen atoms in total. The van der Waals surface area contributed by atoms with Gasteiger partial charge in [0.25, 0.3) is 5.56 Å². The third kappa shape index (κ3) is 2.84. The summed E-state index contributed by atoms with van der Waals surface area (Å²) in [5, 5.41) is 14.9. The fraction of sp³-hybridized carbons (Fsp3) is 0.200. The minimum atomic E-state index is -1.84. The number of para-hydroxylation sites is 1. The standard InChI is InChI=1S/C25H19N3O4S/c1-2-25(31)18-10-20-22-16(12-28(20)23(29)17(18)13-32-24(25)30)15(11-26-21-8-5-9-33-21)14-6-3-4-7-19(14)27-22/h3-11,31H,2,12-13H2,1H3/t25-/m0/s1. The van der Waals surface area contributed by atoms with Gasteiger partial charge in [-0.05, 0) is 36.1 Å². The minimum absolute atomic E-state index is 0.110. The number of pyridine rings is 2. The van der Waals surface area contributed by atoms with Gasteiger partial charge in [0, 0.05) is 28.3 Å². The highest BCUT2D eigenvalue weighted by atomic mass is 32.1. The zero-order chi connectivity index (χ0) is 22.7. The van der Waals surface area contributed by atoms with Crippen LogP contribution in [-0.4, -0.2) is 26.8 Å². The van der Waals surface area contributed by atoms with Crippen LogP contribution in [-0.2, 0) is 28.3 Å². The number of cyclic esters (lactones) is 1. The van der Waals surface area contributed by atoms with Gasteiger partial charge in [0.05, 0.1) is 29.0 Å². The smallest absolute Gasteiger partial charge is 0.343 e. The molecular formula is C25H19N3O4S. The zero-order valence-electron chi connectivity index (χ0n) is 17.7. The summed E-state index contributed by atoms with van der Waals surface area (Å²) in [6.45, 7) is 1.88. The summed E-state index contributed by atoms with van der Waals surface area (Å²) in [5.41, 5.74) is 2.35. The maximum absolute atomic E-state index is 13.4. The molecule has 4 aromatic rings. The molecule has 2 aliphatic heterocycles. The molecular weight excluding hydrogens is 438 g/mol. The second-order valence-corrected chi connectivity index (χ2v) is 9.11. The number of carbonyl (C=O) groups is 1. The molecule has 0 spiro atoms. The first kappa shape index (κ1) is 20.0. The second-order valence-electron chi connectivity index (χ2n) is 8.18. The number of ether oxygens (including phenoxy) is 1. The Hall–Kier alpha value is -3.62. The van der Waals surface area contributed by atoms with Gasteiger partial charge in [-0.2, -0.15) is 0 Å². The van der Waals surface area contributed by atoms with Crippen LogP contribution in [0.4, 0.5) is 5.00 Å². The summed E-state index contributed by atoms with van der Waals surface area (Å²) in [5.74, 6) is -0.727. The van der Waals surface area contributed by atoms with Gasteiger partial charge in [-0.25, -0.2) is 14.8 Å². The van der Waals surface area contributed by atoms with Crippen LogP contribution in [0.15, 0.2) is 57.6 Å². The van der Waals surface area contributed by atoms with Gasteiger partial charge in [0.2, 0.25) is 0 Å². The van der Waals surface area contributed by atoms with E-state index >= 15 is 0 Å². The maximum Gasteiger partial charge on any atom is 0.343 e. The average molecular weight is 458 g/mol. The van der Waals surface area contributed by atoms with E-state index in [9.17, 15) is 14.7 Å². The van der Waals surface area contributed by atoms with Crippen LogP contribution in [0, 0.1) is 0 Å². The lowest BCUT2D eigenvalue weighted by Crippen LogP contribution is -2.44. The molecule has 5 heterocycles. The fourth-order valence-electron chi connectivity index (χ4n) is 4.68. The topological polar surface area (TPSA) is 93.8 Å². The van der Waals surface area contributed by atoms with E-state index in [0.29, 0.717) is 29.1 Å². The van der Waals surface area contributed by atoms with Gasteiger partial charge in [-0.3, -0.25) is 4.79 Å². The number of fused-ring (bicyclic) bond motifs is 5. The van der Waals surface area contributed by atoms with Gasteiger partial charge < -0.3 is 14.4 Å². The average Bonchev–Trinajstić information content (AvgIpc) is 3.48. The third-order valence-corrected chi connectivity index (χ3v) is 7.24. The van der Waals surface area contributed by atoms with Crippen LogP contribution in [0.25, 0.3) is 22.3 Å². The van der Waals surface area contributed by atoms with Gasteiger partial charge in [0.1, 0.15) is 11.6 Å². The Bertz CT molecular complexity index is 1540. The highest BCUT2D eigenvalue weighted by Crippen LogP contribution is 2.40. The first-order valence-corrected chi connectivity index (χ1v) is 11.6. The number of nitrogens with zero attached hydrogens (tertiary/aromatic N) is 3. The molecule has 3 aromatic heterocycles. The van der Waals surface area contributed by atoms with Crippen molar-refractivity contribution in [2.75, 3.05) is 0 Å². The summed E-state index contributed by atoms with van der Waals surface area (Å²) in [6, 6.07) is 13.4. The molecule has 0 fully saturated rings. The molecule has 0 saturated carbocycles. The molecule has 1 N–H and O–H groups in total. The summed E-state index contributed by atoms with van der Waals surface area (Å²) >= 11 is 1.55. The number of esters is 1. The molecule has 164 valence electrons. The summed E-state index contributed by atoms with van der Waals surface area (Å²) < 4.78 is 6.80. The number of aliphatic hydroxyl groups is 1. The first-order valence-electron chi connectivity index (χ1n) is 10.7. The molecule has 1 aromatic carbocycles. The number of hydrogen-bond donors (Lipinski definition) is 1. The zero-order valence-corrected chi connectivity index (χ0v) is 18.6. The first-order chi connectivity index (χ1) is 16.0. The quantitative estimate of drug-likeness (QED) is 0.328. The fourth-order valence-corrected chi connectivity index (χ4v) is 5.25. The molecule has 0 amide bonds. The lowest BCUT2D eigenvalue weighted by molar-refractivity contribution is -0.172. The van der Waals surface area contributed by atoms with Crippen LogP contribution in [0.5, 0.6) is 0 Å². The maximum atomic E-state index is 13.4. The molecule has 0 unspecified atom stereocenters. The highest BCUT2D eigenvalue weighted by molar-refractivity contribution is 7.13. The van der Waals surface area contributed by atoms with Crippen LogP contribution in [0.2, 0.25) is 0 Å². The van der Waals surface area contributed by atoms with Crippen molar-refractivity contribution in [1.82, 2.24) is 9.55 Å². The number of aromatic nitrogens is 2. The molecule has 0 bridgehead atoms. The Morgan fingerprint density at radius 1 is 1.24 bits per heavy atom. The summed E-state index contributed by atoms with van der Waals surface area (Å²) in [4.78, 5) is 35.3. The molecule has 6 rings (SSSR count). The van der Waals surface area contributed by atoms with Crippen molar-refractivity contribution in [2.45, 2.75) is 32.1 Å². The van der Waals surface area contributed by atoms with E-state index in [0.717, 1.165) is 27.0 Å². The molecule has 33 heavy (non-hydrogen) atoms. The van der Waals surface area contributed by atoms with Crippen LogP contribution < -0.4 is 5.56 Å². The highest BCUT2D eigenvalue weighted by Gasteiger charge is 2.45. The molecule has 0 aliphatic carbocycles. The Kier molecular flexibility index (Phi) is 4.36. The number of rotatable bonds is 3. The van der Waals surface area contributed by atoms with Gasteiger partial charge in [-0.1, -0.05) is 25.1 Å². The van der Waals surface area contributed by atoms with Crippen molar-refractivity contribution < 1.29 is 14.6 Å². The summed E-state index contributed by atoms with van der Waals surface area (Å²) in [7, 11) is 0. The predicted molar refractivity (Wildman–Crippen MR) is 126 cm³/mol. The number of carbonyl (C=O) groups excluding carboxylic acids is 1. The number of hydrogen-bond acceptors (Lipinski definition) is 7. The Morgan fingerprint density at radius 2 is 2.09 bits per heavy atom. The van der Waals surface area contributed by atoms with Gasteiger partial charge in [0.15, 0.2) is 5.60 Å². The van der Waals surface area contributed by atoms with E-state index in [4.69, 9.17) is 9.72 Å². The van der Waals surface area contributed by atoms with Crippen LogP contribution in [0.3, 0.4) is 0 Å². The van der Waals surface area contributed by atoms with Crippen molar-refractivity contribution >= 4 is 39.4 Å². The SMILES string of the molecule is CC[C@@]1(O)C(=O)OCc2c1cc1n(c2=O)Cc2c-1nc1ccccc1c2C=Nc1cccs1. The Morgan fingerprint density at radius 3 is 2.88 bits per heavy atom. The van der Waals surface area contributed by atoms with Crippen molar-refractivity contribution in [1.29, 1.82) is 0 Å². The molecule has 0 radical (unpaired) electrons. The van der Waals surface area contributed by atoms with Gasteiger partial charge in [-0.15, -0.1) is 11.3 Å². The normalized spacial score (nSPS) is 18.9. The van der Waals surface area contributed by atoms with Crippen molar-refractivity contribution in [3.8, 4) is 11.4 Å². The van der Waals surface area contributed by atoms with E-state index in [1.807, 2.05) is 48.0 Å². The van der Waals surface area contributed by atoms with Crippen LogP contribution in [0.1, 0.15) is 35.6 Å². The van der Waals surface area contributed by atoms with Gasteiger partial charge >= 0.3 is 5.97 Å². The number of aliphatic imine (C=N–C) groups is 1. The van der Waals surface area contributed by atoms with Crippen LogP contribution >= 0.6 is 11.3 Å².